The van der Waals surface area contributed by atoms with Crippen LogP contribution in [-0.2, 0) is 11.0 Å². The zero-order chi connectivity index (χ0) is 20.9. The molecule has 1 saturated carbocycles. The van der Waals surface area contributed by atoms with E-state index in [-0.39, 0.29) is 23.3 Å². The van der Waals surface area contributed by atoms with E-state index in [0.29, 0.717) is 32.6 Å². The van der Waals surface area contributed by atoms with Crippen LogP contribution in [0.4, 0.5) is 19.0 Å². The molecule has 3 aromatic rings. The van der Waals surface area contributed by atoms with E-state index in [1.54, 1.807) is 28.6 Å². The number of benzene rings is 1. The minimum atomic E-state index is -4.40. The molecule has 3 heterocycles. The molecule has 9 heteroatoms. The van der Waals surface area contributed by atoms with Crippen molar-refractivity contribution in [3.05, 3.63) is 53.2 Å². The normalized spacial score (nSPS) is 21.8. The SMILES string of the molecule is O=C(C1CC1c1ccccc1C(F)(F)F)N1CCN(c2ncnc3sccc23)CC1. The Morgan fingerprint density at radius 2 is 1.83 bits per heavy atom. The van der Waals surface area contributed by atoms with Crippen LogP contribution in [0, 0.1) is 5.92 Å². The topological polar surface area (TPSA) is 49.3 Å². The van der Waals surface area contributed by atoms with Crippen molar-refractivity contribution in [2.45, 2.75) is 18.5 Å². The maximum atomic E-state index is 13.3. The van der Waals surface area contributed by atoms with E-state index in [1.807, 2.05) is 11.4 Å². The number of carbonyl (C=O) groups excluding carboxylic acids is 1. The largest absolute Gasteiger partial charge is 0.416 e. The summed E-state index contributed by atoms with van der Waals surface area (Å²) in [4.78, 5) is 26.5. The van der Waals surface area contributed by atoms with Gasteiger partial charge in [0.25, 0.3) is 0 Å². The van der Waals surface area contributed by atoms with Gasteiger partial charge in [-0.2, -0.15) is 13.2 Å². The highest BCUT2D eigenvalue weighted by Gasteiger charge is 2.49. The number of rotatable bonds is 3. The lowest BCUT2D eigenvalue weighted by atomic mass is 10.0. The van der Waals surface area contributed by atoms with Crippen molar-refractivity contribution in [3.63, 3.8) is 0 Å². The molecule has 5 rings (SSSR count). The molecule has 2 atom stereocenters. The van der Waals surface area contributed by atoms with Crippen LogP contribution in [0.1, 0.15) is 23.5 Å². The molecule has 2 aromatic heterocycles. The van der Waals surface area contributed by atoms with Crippen molar-refractivity contribution >= 4 is 33.3 Å². The molecule has 2 aliphatic rings. The summed E-state index contributed by atoms with van der Waals surface area (Å²) >= 11 is 1.56. The van der Waals surface area contributed by atoms with Gasteiger partial charge < -0.3 is 9.80 Å². The van der Waals surface area contributed by atoms with E-state index in [2.05, 4.69) is 14.9 Å². The molecule has 0 radical (unpaired) electrons. The van der Waals surface area contributed by atoms with Crippen LogP contribution >= 0.6 is 11.3 Å². The number of carbonyl (C=O) groups is 1. The molecule has 1 aliphatic carbocycles. The Bertz CT molecular complexity index is 1090. The summed E-state index contributed by atoms with van der Waals surface area (Å²) in [5.41, 5.74) is -0.388. The van der Waals surface area contributed by atoms with E-state index in [1.165, 1.54) is 12.1 Å². The lowest BCUT2D eigenvalue weighted by molar-refractivity contribution is -0.138. The zero-order valence-corrected chi connectivity index (χ0v) is 16.8. The molecule has 1 aromatic carbocycles. The molecule has 2 fully saturated rings. The van der Waals surface area contributed by atoms with Gasteiger partial charge in [-0.3, -0.25) is 4.79 Å². The number of piperazine rings is 1. The van der Waals surface area contributed by atoms with E-state index in [4.69, 9.17) is 0 Å². The summed E-state index contributed by atoms with van der Waals surface area (Å²) in [7, 11) is 0. The number of nitrogens with zero attached hydrogens (tertiary/aromatic N) is 4. The fraction of sp³-hybridized carbons (Fsp3) is 0.381. The predicted octanol–water partition coefficient (Wildman–Crippen LogP) is 4.16. The van der Waals surface area contributed by atoms with Crippen molar-refractivity contribution in [1.29, 1.82) is 0 Å². The highest BCUT2D eigenvalue weighted by Crippen LogP contribution is 2.51. The quantitative estimate of drug-likeness (QED) is 0.624. The van der Waals surface area contributed by atoms with Crippen LogP contribution in [0.25, 0.3) is 10.2 Å². The van der Waals surface area contributed by atoms with Crippen molar-refractivity contribution in [3.8, 4) is 0 Å². The molecule has 0 spiro atoms. The van der Waals surface area contributed by atoms with Crippen molar-refractivity contribution < 1.29 is 18.0 Å². The molecule has 1 aliphatic heterocycles. The van der Waals surface area contributed by atoms with Crippen LogP contribution in [0.3, 0.4) is 0 Å². The number of anilines is 1. The third-order valence-corrected chi connectivity index (χ3v) is 6.73. The minimum Gasteiger partial charge on any atom is -0.352 e. The number of halogens is 3. The maximum absolute atomic E-state index is 13.3. The van der Waals surface area contributed by atoms with Crippen LogP contribution in [0.2, 0.25) is 0 Å². The Balaban J connectivity index is 1.25. The summed E-state index contributed by atoms with van der Waals surface area (Å²) < 4.78 is 39.9. The van der Waals surface area contributed by atoms with Gasteiger partial charge in [-0.25, -0.2) is 9.97 Å². The first-order valence-electron chi connectivity index (χ1n) is 9.81. The van der Waals surface area contributed by atoms with Crippen molar-refractivity contribution in [1.82, 2.24) is 14.9 Å². The molecule has 1 saturated heterocycles. The molecule has 0 bridgehead atoms. The Morgan fingerprint density at radius 3 is 2.60 bits per heavy atom. The predicted molar refractivity (Wildman–Crippen MR) is 109 cm³/mol. The Morgan fingerprint density at radius 1 is 1.07 bits per heavy atom. The molecule has 1 amide bonds. The van der Waals surface area contributed by atoms with Gasteiger partial charge in [-0.1, -0.05) is 18.2 Å². The second-order valence-corrected chi connectivity index (χ2v) is 8.58. The monoisotopic (exact) mass is 432 g/mol. The highest BCUT2D eigenvalue weighted by atomic mass is 32.1. The van der Waals surface area contributed by atoms with Crippen LogP contribution in [0.5, 0.6) is 0 Å². The molecular weight excluding hydrogens is 413 g/mol. The van der Waals surface area contributed by atoms with Crippen LogP contribution < -0.4 is 4.90 Å². The summed E-state index contributed by atoms with van der Waals surface area (Å²) in [5, 5.41) is 2.99. The van der Waals surface area contributed by atoms with E-state index in [0.717, 1.165) is 22.1 Å². The zero-order valence-electron chi connectivity index (χ0n) is 16.0. The van der Waals surface area contributed by atoms with Gasteiger partial charge in [0.2, 0.25) is 5.91 Å². The molecule has 0 N–H and O–H groups in total. The average molecular weight is 432 g/mol. The number of amides is 1. The summed E-state index contributed by atoms with van der Waals surface area (Å²) in [6, 6.07) is 7.60. The molecular formula is C21H19F3N4OS. The fourth-order valence-corrected chi connectivity index (χ4v) is 5.02. The molecule has 156 valence electrons. The summed E-state index contributed by atoms with van der Waals surface area (Å²) in [6.07, 6.45) is -2.37. The van der Waals surface area contributed by atoms with E-state index in [9.17, 15) is 18.0 Å². The number of aromatic nitrogens is 2. The van der Waals surface area contributed by atoms with Gasteiger partial charge in [-0.15, -0.1) is 11.3 Å². The Labute approximate surface area is 175 Å². The molecule has 30 heavy (non-hydrogen) atoms. The lowest BCUT2D eigenvalue weighted by Gasteiger charge is -2.35. The van der Waals surface area contributed by atoms with Crippen LogP contribution in [0.15, 0.2) is 42.0 Å². The standard InChI is InChI=1S/C21H19F3N4OS/c22-21(23,24)17-4-2-1-3-13(17)15-11-16(15)20(29)28-8-6-27(7-9-28)18-14-5-10-30-19(14)26-12-25-18/h1-5,10,12,15-16H,6-9,11H2. The maximum Gasteiger partial charge on any atom is 0.416 e. The van der Waals surface area contributed by atoms with Gasteiger partial charge in [0.15, 0.2) is 0 Å². The van der Waals surface area contributed by atoms with Crippen molar-refractivity contribution in [2.24, 2.45) is 5.92 Å². The fourth-order valence-electron chi connectivity index (χ4n) is 4.29. The third-order valence-electron chi connectivity index (χ3n) is 5.90. The number of alkyl halides is 3. The number of thiophene rings is 1. The van der Waals surface area contributed by atoms with Gasteiger partial charge in [0.1, 0.15) is 17.0 Å². The Kier molecular flexibility index (Phi) is 4.65. The lowest BCUT2D eigenvalue weighted by Crippen LogP contribution is -2.49. The minimum absolute atomic E-state index is 0.0417. The second kappa shape index (κ2) is 7.23. The number of hydrogen-bond donors (Lipinski definition) is 0. The van der Waals surface area contributed by atoms with E-state index < -0.39 is 11.7 Å². The highest BCUT2D eigenvalue weighted by molar-refractivity contribution is 7.16. The molecule has 2 unspecified atom stereocenters. The third kappa shape index (κ3) is 3.40. The van der Waals surface area contributed by atoms with Gasteiger partial charge in [0, 0.05) is 32.1 Å². The summed E-state index contributed by atoms with van der Waals surface area (Å²) in [5.74, 6) is 0.125. The van der Waals surface area contributed by atoms with E-state index >= 15 is 0 Å². The first-order chi connectivity index (χ1) is 14.4. The van der Waals surface area contributed by atoms with Crippen molar-refractivity contribution in [2.75, 3.05) is 31.1 Å². The smallest absolute Gasteiger partial charge is 0.352 e. The molecule has 5 nitrogen and oxygen atoms in total. The number of hydrogen-bond acceptors (Lipinski definition) is 5. The van der Waals surface area contributed by atoms with Gasteiger partial charge in [0.05, 0.1) is 10.9 Å². The first kappa shape index (κ1) is 19.3. The second-order valence-electron chi connectivity index (χ2n) is 7.68. The average Bonchev–Trinajstić information content (AvgIpc) is 3.40. The Hall–Kier alpha value is -2.68. The first-order valence-corrected chi connectivity index (χ1v) is 10.7. The summed E-state index contributed by atoms with van der Waals surface area (Å²) in [6.45, 7) is 2.37. The van der Waals surface area contributed by atoms with Gasteiger partial charge in [-0.05, 0) is 35.4 Å². The van der Waals surface area contributed by atoms with Gasteiger partial charge >= 0.3 is 6.18 Å². The van der Waals surface area contributed by atoms with Crippen LogP contribution in [-0.4, -0.2) is 47.0 Å². The number of fused-ring (bicyclic) bond motifs is 1.